The highest BCUT2D eigenvalue weighted by molar-refractivity contribution is 7.71. The molecule has 0 saturated heterocycles. The molecule has 34 heavy (non-hydrogen) atoms. The topological polar surface area (TPSA) is 64.1 Å². The van der Waals surface area contributed by atoms with Crippen molar-refractivity contribution in [3.63, 3.8) is 0 Å². The predicted octanol–water partition coefficient (Wildman–Crippen LogP) is 7.62. The lowest BCUT2D eigenvalue weighted by molar-refractivity contribution is -0.159. The van der Waals surface area contributed by atoms with Gasteiger partial charge in [-0.3, -0.25) is 14.6 Å². The lowest BCUT2D eigenvalue weighted by atomic mass is 9.73. The Morgan fingerprint density at radius 1 is 1.03 bits per heavy atom. The number of ether oxygens (including phenoxy) is 1. The molecule has 1 unspecified atom stereocenters. The number of aromatic amines is 1. The molecule has 1 heterocycles. The van der Waals surface area contributed by atoms with Crippen molar-refractivity contribution in [3.8, 4) is 0 Å². The zero-order chi connectivity index (χ0) is 25.6. The quantitative estimate of drug-likeness (QED) is 0.129. The van der Waals surface area contributed by atoms with Gasteiger partial charge in [0.15, 0.2) is 4.77 Å². The zero-order valence-corrected chi connectivity index (χ0v) is 23.5. The van der Waals surface area contributed by atoms with E-state index in [0.29, 0.717) is 17.3 Å². The van der Waals surface area contributed by atoms with E-state index in [1.807, 2.05) is 0 Å². The van der Waals surface area contributed by atoms with Gasteiger partial charge in [0.25, 0.3) is 5.56 Å². The van der Waals surface area contributed by atoms with Crippen molar-refractivity contribution in [2.45, 2.75) is 125 Å². The van der Waals surface area contributed by atoms with Crippen LogP contribution in [0.2, 0.25) is 0 Å². The van der Waals surface area contributed by atoms with Crippen molar-refractivity contribution in [1.82, 2.24) is 9.55 Å². The number of hydrogen-bond donors (Lipinski definition) is 1. The molecule has 196 valence electrons. The van der Waals surface area contributed by atoms with Gasteiger partial charge in [-0.1, -0.05) is 86.0 Å². The van der Waals surface area contributed by atoms with Crippen molar-refractivity contribution in [2.75, 3.05) is 6.61 Å². The molecule has 1 rings (SSSR count). The van der Waals surface area contributed by atoms with Gasteiger partial charge in [-0.2, -0.15) is 0 Å². The average molecular weight is 495 g/mol. The fourth-order valence-electron chi connectivity index (χ4n) is 4.62. The number of nitrogens with one attached hydrogen (secondary N) is 1. The van der Waals surface area contributed by atoms with E-state index in [0.717, 1.165) is 50.8 Å². The Labute approximate surface area is 213 Å². The van der Waals surface area contributed by atoms with Gasteiger partial charge in [0.05, 0.1) is 12.0 Å². The van der Waals surface area contributed by atoms with Crippen LogP contribution in [-0.4, -0.2) is 22.1 Å². The molecule has 0 aliphatic rings. The molecule has 1 aromatic heterocycles. The van der Waals surface area contributed by atoms with Crippen molar-refractivity contribution in [2.24, 2.45) is 17.3 Å². The first-order valence-corrected chi connectivity index (χ1v) is 14.0. The molecular formula is C28H50N2O3S. The average Bonchev–Trinajstić information content (AvgIpc) is 2.75. The van der Waals surface area contributed by atoms with Crippen LogP contribution in [0.5, 0.6) is 0 Å². The number of nitrogens with zero attached hydrogens (tertiary/aromatic N) is 1. The molecule has 0 spiro atoms. The van der Waals surface area contributed by atoms with Crippen LogP contribution in [0.4, 0.5) is 0 Å². The number of unbranched alkanes of at least 4 members (excludes halogenated alkanes) is 8. The van der Waals surface area contributed by atoms with E-state index in [2.05, 4.69) is 51.1 Å². The highest BCUT2D eigenvalue weighted by Gasteiger charge is 2.38. The van der Waals surface area contributed by atoms with Crippen LogP contribution in [0.3, 0.4) is 0 Å². The van der Waals surface area contributed by atoms with Crippen LogP contribution in [0.25, 0.3) is 0 Å². The standard InChI is InChI=1S/C28H50N2O3S/c1-7-17-24-20-25(31)29-27(34)30(24)18-15-13-11-9-8-10-12-14-16-19-33-26(32)28(6,23(4)5)21-22(2)3/h20,22-23H,7-19,21H2,1-6H3,(H,29,31,34). The van der Waals surface area contributed by atoms with Crippen LogP contribution < -0.4 is 5.56 Å². The molecule has 1 atom stereocenters. The Bertz CT molecular complexity index is 828. The number of rotatable bonds is 18. The molecule has 0 aliphatic heterocycles. The largest absolute Gasteiger partial charge is 0.465 e. The highest BCUT2D eigenvalue weighted by Crippen LogP contribution is 2.35. The Balaban J connectivity index is 2.13. The minimum atomic E-state index is -0.380. The Morgan fingerprint density at radius 3 is 2.12 bits per heavy atom. The van der Waals surface area contributed by atoms with Crippen molar-refractivity contribution >= 4 is 18.2 Å². The first-order valence-electron chi connectivity index (χ1n) is 13.6. The number of aromatic nitrogens is 2. The normalized spacial score (nSPS) is 13.4. The van der Waals surface area contributed by atoms with Crippen molar-refractivity contribution in [3.05, 3.63) is 26.9 Å². The number of aryl methyl sites for hydroxylation is 1. The molecule has 0 saturated carbocycles. The zero-order valence-electron chi connectivity index (χ0n) is 22.7. The maximum absolute atomic E-state index is 12.6. The highest BCUT2D eigenvalue weighted by atomic mass is 32.1. The summed E-state index contributed by atoms with van der Waals surface area (Å²) in [4.78, 5) is 27.0. The summed E-state index contributed by atoms with van der Waals surface area (Å²) in [5.74, 6) is 0.746. The molecule has 0 fully saturated rings. The molecule has 0 aliphatic carbocycles. The van der Waals surface area contributed by atoms with Crippen LogP contribution in [-0.2, 0) is 22.5 Å². The Morgan fingerprint density at radius 2 is 1.59 bits per heavy atom. The molecule has 0 aromatic carbocycles. The summed E-state index contributed by atoms with van der Waals surface area (Å²) in [5.41, 5.74) is 0.577. The third-order valence-corrected chi connectivity index (χ3v) is 7.28. The summed E-state index contributed by atoms with van der Waals surface area (Å²) in [6.45, 7) is 14.2. The van der Waals surface area contributed by atoms with E-state index in [4.69, 9.17) is 17.0 Å². The van der Waals surface area contributed by atoms with Crippen molar-refractivity contribution < 1.29 is 9.53 Å². The van der Waals surface area contributed by atoms with Gasteiger partial charge in [-0.15, -0.1) is 0 Å². The maximum Gasteiger partial charge on any atom is 0.312 e. The monoisotopic (exact) mass is 494 g/mol. The van der Waals surface area contributed by atoms with E-state index in [1.54, 1.807) is 6.07 Å². The second-order valence-corrected chi connectivity index (χ2v) is 11.2. The summed E-state index contributed by atoms with van der Waals surface area (Å²) >= 11 is 5.36. The number of carbonyl (C=O) groups is 1. The Kier molecular flexibility index (Phi) is 14.7. The molecule has 1 aromatic rings. The van der Waals surface area contributed by atoms with E-state index in [1.165, 1.54) is 38.5 Å². The SMILES string of the molecule is CCCc1cc(=O)[nH]c(=S)n1CCCCCCCCCCCOC(=O)C(C)(CC(C)C)C(C)C. The van der Waals surface area contributed by atoms with Gasteiger partial charge in [0.1, 0.15) is 0 Å². The molecule has 0 radical (unpaired) electrons. The summed E-state index contributed by atoms with van der Waals surface area (Å²) in [5, 5.41) is 0. The van der Waals surface area contributed by atoms with Gasteiger partial charge in [0.2, 0.25) is 0 Å². The van der Waals surface area contributed by atoms with Crippen molar-refractivity contribution in [1.29, 1.82) is 0 Å². The van der Waals surface area contributed by atoms with Crippen LogP contribution in [0, 0.1) is 22.0 Å². The molecule has 0 bridgehead atoms. The van der Waals surface area contributed by atoms with Crippen LogP contribution in [0.15, 0.2) is 10.9 Å². The minimum Gasteiger partial charge on any atom is -0.465 e. The second-order valence-electron chi connectivity index (χ2n) is 10.8. The molecule has 0 amide bonds. The van der Waals surface area contributed by atoms with Crippen LogP contribution >= 0.6 is 12.2 Å². The van der Waals surface area contributed by atoms with Gasteiger partial charge in [-0.05, 0) is 56.7 Å². The Hall–Kier alpha value is -1.43. The van der Waals surface area contributed by atoms with Gasteiger partial charge >= 0.3 is 5.97 Å². The molecule has 1 N–H and O–H groups in total. The summed E-state index contributed by atoms with van der Waals surface area (Å²) in [6, 6.07) is 1.69. The third kappa shape index (κ3) is 10.9. The first-order chi connectivity index (χ1) is 16.1. The van der Waals surface area contributed by atoms with Gasteiger partial charge in [0, 0.05) is 18.3 Å². The lowest BCUT2D eigenvalue weighted by Gasteiger charge is -2.32. The minimum absolute atomic E-state index is 0.0267. The fourth-order valence-corrected chi connectivity index (χ4v) is 4.93. The molecular weight excluding hydrogens is 444 g/mol. The van der Waals surface area contributed by atoms with E-state index in [9.17, 15) is 9.59 Å². The van der Waals surface area contributed by atoms with Crippen LogP contribution in [0.1, 0.15) is 118 Å². The summed E-state index contributed by atoms with van der Waals surface area (Å²) < 4.78 is 8.30. The maximum atomic E-state index is 12.6. The van der Waals surface area contributed by atoms with Gasteiger partial charge < -0.3 is 9.30 Å². The summed E-state index contributed by atoms with van der Waals surface area (Å²) in [6.07, 6.45) is 13.4. The summed E-state index contributed by atoms with van der Waals surface area (Å²) in [7, 11) is 0. The number of esters is 1. The third-order valence-electron chi connectivity index (χ3n) is 6.96. The smallest absolute Gasteiger partial charge is 0.312 e. The van der Waals surface area contributed by atoms with Gasteiger partial charge in [-0.25, -0.2) is 0 Å². The van der Waals surface area contributed by atoms with E-state index < -0.39 is 0 Å². The number of H-pyrrole nitrogens is 1. The predicted molar refractivity (Wildman–Crippen MR) is 145 cm³/mol. The number of hydrogen-bond acceptors (Lipinski definition) is 4. The molecule has 6 heteroatoms. The number of carbonyl (C=O) groups excluding carboxylic acids is 1. The fraction of sp³-hybridized carbons (Fsp3) is 0.821. The second kappa shape index (κ2) is 16.3. The van der Waals surface area contributed by atoms with E-state index >= 15 is 0 Å². The first kappa shape index (κ1) is 30.6. The lowest BCUT2D eigenvalue weighted by Crippen LogP contribution is -2.36. The van der Waals surface area contributed by atoms with E-state index in [-0.39, 0.29) is 22.9 Å². The molecule has 5 nitrogen and oxygen atoms in total.